The Morgan fingerprint density at radius 1 is 1.11 bits per heavy atom. The van der Waals surface area contributed by atoms with Crippen molar-refractivity contribution in [1.82, 2.24) is 9.97 Å². The molecule has 0 unspecified atom stereocenters. The highest BCUT2D eigenvalue weighted by atomic mass is 16.1. The Kier molecular flexibility index (Phi) is 2.41. The van der Waals surface area contributed by atoms with Gasteiger partial charge in [-0.3, -0.25) is 14.8 Å². The van der Waals surface area contributed by atoms with Crippen LogP contribution in [0.3, 0.4) is 0 Å². The average molecular weight is 237 g/mol. The lowest BCUT2D eigenvalue weighted by Gasteiger charge is -2.09. The number of anilines is 1. The summed E-state index contributed by atoms with van der Waals surface area (Å²) in [4.78, 5) is 20.0. The minimum atomic E-state index is -0.0941. The summed E-state index contributed by atoms with van der Waals surface area (Å²) in [5, 5.41) is 4.70. The lowest BCUT2D eigenvalue weighted by Crippen LogP contribution is -2.06. The van der Waals surface area contributed by atoms with E-state index in [-0.39, 0.29) is 5.91 Å². The number of rotatable bonds is 1. The molecule has 0 saturated carbocycles. The van der Waals surface area contributed by atoms with Crippen molar-refractivity contribution in [3.63, 3.8) is 0 Å². The Morgan fingerprint density at radius 3 is 2.61 bits per heavy atom. The molecule has 88 valence electrons. The molecule has 0 atom stereocenters. The van der Waals surface area contributed by atoms with Crippen molar-refractivity contribution >= 4 is 33.4 Å². The molecule has 4 heteroatoms. The van der Waals surface area contributed by atoms with Gasteiger partial charge in [0.2, 0.25) is 5.91 Å². The van der Waals surface area contributed by atoms with Gasteiger partial charge in [0.15, 0.2) is 0 Å². The molecule has 0 fully saturated rings. The molecule has 4 nitrogen and oxygen atoms in total. The van der Waals surface area contributed by atoms with Crippen LogP contribution in [0.4, 0.5) is 5.69 Å². The first kappa shape index (κ1) is 10.7. The quantitative estimate of drug-likeness (QED) is 0.662. The molecule has 3 aromatic rings. The number of fused-ring (bicyclic) bond motifs is 3. The second-order valence-electron chi connectivity index (χ2n) is 4.08. The monoisotopic (exact) mass is 237 g/mol. The van der Waals surface area contributed by atoms with Gasteiger partial charge in [-0.05, 0) is 24.3 Å². The number of nitrogens with one attached hydrogen (secondary N) is 1. The Morgan fingerprint density at radius 2 is 1.83 bits per heavy atom. The molecule has 1 N–H and O–H groups in total. The molecule has 1 amide bonds. The highest BCUT2D eigenvalue weighted by Crippen LogP contribution is 2.28. The van der Waals surface area contributed by atoms with Gasteiger partial charge in [-0.15, -0.1) is 0 Å². The smallest absolute Gasteiger partial charge is 0.221 e. The summed E-state index contributed by atoms with van der Waals surface area (Å²) in [6, 6.07) is 9.54. The van der Waals surface area contributed by atoms with Gasteiger partial charge in [0.05, 0.1) is 16.7 Å². The maximum atomic E-state index is 11.2. The predicted octanol–water partition coefficient (Wildman–Crippen LogP) is 2.74. The predicted molar refractivity (Wildman–Crippen MR) is 71.3 cm³/mol. The van der Waals surface area contributed by atoms with Gasteiger partial charge in [-0.1, -0.05) is 6.07 Å². The highest BCUT2D eigenvalue weighted by Gasteiger charge is 2.08. The van der Waals surface area contributed by atoms with Crippen LogP contribution in [-0.4, -0.2) is 15.9 Å². The molecular weight excluding hydrogens is 226 g/mol. The van der Waals surface area contributed by atoms with Crippen LogP contribution in [0, 0.1) is 0 Å². The van der Waals surface area contributed by atoms with Crippen LogP contribution in [0.25, 0.3) is 21.8 Å². The number of carbonyl (C=O) groups is 1. The third kappa shape index (κ3) is 1.68. The van der Waals surface area contributed by atoms with E-state index < -0.39 is 0 Å². The van der Waals surface area contributed by atoms with Crippen molar-refractivity contribution in [2.45, 2.75) is 6.92 Å². The number of hydrogen-bond acceptors (Lipinski definition) is 3. The molecule has 0 bridgehead atoms. The normalized spacial score (nSPS) is 10.7. The van der Waals surface area contributed by atoms with E-state index in [9.17, 15) is 4.79 Å². The molecule has 0 radical (unpaired) electrons. The summed E-state index contributed by atoms with van der Waals surface area (Å²) in [6.45, 7) is 1.50. The van der Waals surface area contributed by atoms with Gasteiger partial charge in [0.1, 0.15) is 0 Å². The molecule has 0 aliphatic rings. The first-order valence-corrected chi connectivity index (χ1v) is 5.66. The lowest BCUT2D eigenvalue weighted by atomic mass is 10.1. The van der Waals surface area contributed by atoms with Crippen LogP contribution in [0.1, 0.15) is 6.92 Å². The Bertz CT molecular complexity index is 752. The van der Waals surface area contributed by atoms with Crippen molar-refractivity contribution in [2.24, 2.45) is 0 Å². The number of pyridine rings is 2. The third-order valence-corrected chi connectivity index (χ3v) is 2.77. The third-order valence-electron chi connectivity index (χ3n) is 2.77. The van der Waals surface area contributed by atoms with E-state index in [4.69, 9.17) is 0 Å². The number of carbonyl (C=O) groups excluding carboxylic acids is 1. The number of amides is 1. The van der Waals surface area contributed by atoms with Crippen LogP contribution >= 0.6 is 0 Å². The van der Waals surface area contributed by atoms with Crippen LogP contribution in [0.15, 0.2) is 42.7 Å². The lowest BCUT2D eigenvalue weighted by molar-refractivity contribution is -0.114. The molecule has 0 saturated heterocycles. The highest BCUT2D eigenvalue weighted by molar-refractivity contribution is 6.11. The van der Waals surface area contributed by atoms with Gasteiger partial charge in [0.25, 0.3) is 0 Å². The molecule has 0 aliphatic heterocycles. The zero-order valence-corrected chi connectivity index (χ0v) is 9.84. The SMILES string of the molecule is CC(=O)Nc1cc2cccnc2c2ncccc12. The molecule has 0 spiro atoms. The minimum absolute atomic E-state index is 0.0941. The first-order valence-electron chi connectivity index (χ1n) is 5.66. The molecule has 18 heavy (non-hydrogen) atoms. The fourth-order valence-corrected chi connectivity index (χ4v) is 2.07. The van der Waals surface area contributed by atoms with Crippen LogP contribution in [-0.2, 0) is 4.79 Å². The van der Waals surface area contributed by atoms with Gasteiger partial charge in [0, 0.05) is 30.1 Å². The van der Waals surface area contributed by atoms with Crippen molar-refractivity contribution in [2.75, 3.05) is 5.32 Å². The van der Waals surface area contributed by atoms with E-state index in [1.165, 1.54) is 6.92 Å². The number of nitrogens with zero attached hydrogens (tertiary/aromatic N) is 2. The fraction of sp³-hybridized carbons (Fsp3) is 0.0714. The molecule has 2 aromatic heterocycles. The number of benzene rings is 1. The summed E-state index contributed by atoms with van der Waals surface area (Å²) in [7, 11) is 0. The number of hydrogen-bond donors (Lipinski definition) is 1. The zero-order valence-electron chi connectivity index (χ0n) is 9.84. The van der Waals surface area contributed by atoms with Crippen molar-refractivity contribution in [3.8, 4) is 0 Å². The minimum Gasteiger partial charge on any atom is -0.326 e. The van der Waals surface area contributed by atoms with E-state index in [0.717, 1.165) is 27.5 Å². The first-order chi connectivity index (χ1) is 8.75. The maximum Gasteiger partial charge on any atom is 0.221 e. The largest absolute Gasteiger partial charge is 0.326 e. The number of aromatic nitrogens is 2. The van der Waals surface area contributed by atoms with Crippen molar-refractivity contribution in [3.05, 3.63) is 42.7 Å². The van der Waals surface area contributed by atoms with Gasteiger partial charge >= 0.3 is 0 Å². The second-order valence-corrected chi connectivity index (χ2v) is 4.08. The molecule has 0 aliphatic carbocycles. The second kappa shape index (κ2) is 4.07. The van der Waals surface area contributed by atoms with Gasteiger partial charge in [-0.2, -0.15) is 0 Å². The molecule has 2 heterocycles. The summed E-state index contributed by atoms with van der Waals surface area (Å²) in [6.07, 6.45) is 3.47. The van der Waals surface area contributed by atoms with E-state index >= 15 is 0 Å². The van der Waals surface area contributed by atoms with Crippen LogP contribution < -0.4 is 5.32 Å². The molecular formula is C14H11N3O. The van der Waals surface area contributed by atoms with Gasteiger partial charge in [-0.25, -0.2) is 0 Å². The Labute approximate surface area is 104 Å². The standard InChI is InChI=1S/C14H11N3O/c1-9(18)17-12-8-10-4-2-6-15-13(10)14-11(12)5-3-7-16-14/h2-8H,1H3,(H,17,18). The zero-order chi connectivity index (χ0) is 12.5. The fourth-order valence-electron chi connectivity index (χ4n) is 2.07. The van der Waals surface area contributed by atoms with Crippen molar-refractivity contribution in [1.29, 1.82) is 0 Å². The summed E-state index contributed by atoms with van der Waals surface area (Å²) < 4.78 is 0. The van der Waals surface area contributed by atoms with Crippen molar-refractivity contribution < 1.29 is 4.79 Å². The summed E-state index contributed by atoms with van der Waals surface area (Å²) in [5.41, 5.74) is 2.42. The van der Waals surface area contributed by atoms with Crippen LogP contribution in [0.2, 0.25) is 0 Å². The van der Waals surface area contributed by atoms with E-state index in [1.54, 1.807) is 12.4 Å². The Balaban J connectivity index is 2.42. The molecule has 3 rings (SSSR count). The summed E-state index contributed by atoms with van der Waals surface area (Å²) in [5.74, 6) is -0.0941. The van der Waals surface area contributed by atoms with E-state index in [2.05, 4.69) is 15.3 Å². The topological polar surface area (TPSA) is 54.9 Å². The maximum absolute atomic E-state index is 11.2. The van der Waals surface area contributed by atoms with Gasteiger partial charge < -0.3 is 5.32 Å². The van der Waals surface area contributed by atoms with Crippen LogP contribution in [0.5, 0.6) is 0 Å². The Hall–Kier alpha value is -2.49. The van der Waals surface area contributed by atoms with E-state index in [1.807, 2.05) is 30.3 Å². The average Bonchev–Trinajstić information content (AvgIpc) is 2.38. The summed E-state index contributed by atoms with van der Waals surface area (Å²) >= 11 is 0. The van der Waals surface area contributed by atoms with E-state index in [0.29, 0.717) is 0 Å². The molecule has 1 aromatic carbocycles.